The van der Waals surface area contributed by atoms with Crippen molar-refractivity contribution in [3.8, 4) is 0 Å². The van der Waals surface area contributed by atoms with E-state index in [0.29, 0.717) is 18.7 Å². The van der Waals surface area contributed by atoms with E-state index >= 15 is 0 Å². The zero-order valence-corrected chi connectivity index (χ0v) is 16.8. The molecule has 0 bridgehead atoms. The number of anilines is 1. The molecule has 1 heterocycles. The van der Waals surface area contributed by atoms with Crippen molar-refractivity contribution in [1.82, 2.24) is 9.21 Å². The Morgan fingerprint density at radius 2 is 1.62 bits per heavy atom. The Labute approximate surface area is 169 Å². The lowest BCUT2D eigenvalue weighted by Crippen LogP contribution is -2.50. The first-order valence-corrected chi connectivity index (χ1v) is 10.6. The third kappa shape index (κ3) is 5.06. The molecule has 7 nitrogen and oxygen atoms in total. The molecule has 1 fully saturated rings. The predicted octanol–water partition coefficient (Wildman–Crippen LogP) is 1.97. The van der Waals surface area contributed by atoms with Gasteiger partial charge >= 0.3 is 0 Å². The van der Waals surface area contributed by atoms with Crippen LogP contribution in [0, 0.1) is 5.82 Å². The fraction of sp³-hybridized carbons (Fsp3) is 0.300. The molecule has 3 rings (SSSR count). The van der Waals surface area contributed by atoms with Crippen LogP contribution in [0.1, 0.15) is 17.3 Å². The SMILES string of the molecule is CC(=O)c1ccc(S(=O)(=O)N2CCN(CC(=O)Nc3ccccc3F)CC2)cc1. The molecular weight excluding hydrogens is 397 g/mol. The van der Waals surface area contributed by atoms with Crippen LogP contribution in [0.2, 0.25) is 0 Å². The zero-order valence-electron chi connectivity index (χ0n) is 16.0. The number of amides is 1. The van der Waals surface area contributed by atoms with Crippen molar-refractivity contribution in [3.63, 3.8) is 0 Å². The van der Waals surface area contributed by atoms with Crippen LogP contribution in [-0.4, -0.2) is 62.0 Å². The quantitative estimate of drug-likeness (QED) is 0.724. The smallest absolute Gasteiger partial charge is 0.243 e. The molecule has 2 aromatic carbocycles. The molecule has 29 heavy (non-hydrogen) atoms. The number of benzene rings is 2. The molecule has 0 aliphatic carbocycles. The lowest BCUT2D eigenvalue weighted by molar-refractivity contribution is -0.117. The number of Topliss-reactive ketones (excluding diaryl/α,β-unsaturated/α-hetero) is 1. The van der Waals surface area contributed by atoms with E-state index in [1.165, 1.54) is 53.7 Å². The fourth-order valence-corrected chi connectivity index (χ4v) is 4.52. The number of ketones is 1. The molecule has 1 saturated heterocycles. The average Bonchev–Trinajstić information content (AvgIpc) is 2.70. The van der Waals surface area contributed by atoms with Crippen LogP contribution in [0.3, 0.4) is 0 Å². The zero-order chi connectivity index (χ0) is 21.0. The van der Waals surface area contributed by atoms with E-state index in [0.717, 1.165) is 0 Å². The highest BCUT2D eigenvalue weighted by molar-refractivity contribution is 7.89. The Hall–Kier alpha value is -2.62. The van der Waals surface area contributed by atoms with Crippen LogP contribution in [0.15, 0.2) is 53.4 Å². The van der Waals surface area contributed by atoms with Crippen molar-refractivity contribution in [2.24, 2.45) is 0 Å². The van der Waals surface area contributed by atoms with Gasteiger partial charge in [0, 0.05) is 31.7 Å². The van der Waals surface area contributed by atoms with Gasteiger partial charge in [-0.1, -0.05) is 24.3 Å². The first-order chi connectivity index (χ1) is 13.8. The van der Waals surface area contributed by atoms with Gasteiger partial charge in [-0.25, -0.2) is 12.8 Å². The molecule has 1 aliphatic rings. The first-order valence-electron chi connectivity index (χ1n) is 9.15. The standard InChI is InChI=1S/C20H22FN3O4S/c1-15(25)16-6-8-17(9-7-16)29(27,28)24-12-10-23(11-13-24)14-20(26)22-19-5-3-2-4-18(19)21/h2-9H,10-14H2,1H3,(H,22,26). The van der Waals surface area contributed by atoms with Crippen LogP contribution in [0.5, 0.6) is 0 Å². The van der Waals surface area contributed by atoms with Gasteiger partial charge in [0.15, 0.2) is 5.78 Å². The number of sulfonamides is 1. The van der Waals surface area contributed by atoms with Crippen LogP contribution < -0.4 is 5.32 Å². The summed E-state index contributed by atoms with van der Waals surface area (Å²) in [5.74, 6) is -0.991. The van der Waals surface area contributed by atoms with Crippen molar-refractivity contribution >= 4 is 27.4 Å². The number of halogens is 1. The summed E-state index contributed by atoms with van der Waals surface area (Å²) in [5, 5.41) is 2.52. The summed E-state index contributed by atoms with van der Waals surface area (Å²) in [7, 11) is -3.67. The third-order valence-corrected chi connectivity index (χ3v) is 6.66. The molecule has 0 aromatic heterocycles. The van der Waals surface area contributed by atoms with Crippen molar-refractivity contribution < 1.29 is 22.4 Å². The molecule has 0 radical (unpaired) electrons. The lowest BCUT2D eigenvalue weighted by Gasteiger charge is -2.33. The summed E-state index contributed by atoms with van der Waals surface area (Å²) in [6.45, 7) is 2.72. The number of rotatable bonds is 6. The topological polar surface area (TPSA) is 86.8 Å². The minimum absolute atomic E-state index is 0.0511. The second-order valence-corrected chi connectivity index (χ2v) is 8.73. The summed E-state index contributed by atoms with van der Waals surface area (Å²) >= 11 is 0. The second-order valence-electron chi connectivity index (χ2n) is 6.79. The summed E-state index contributed by atoms with van der Waals surface area (Å²) in [5.41, 5.74) is 0.572. The summed E-state index contributed by atoms with van der Waals surface area (Å²) < 4.78 is 40.5. The summed E-state index contributed by atoms with van der Waals surface area (Å²) in [4.78, 5) is 25.4. The number of carbonyl (C=O) groups excluding carboxylic acids is 2. The maximum Gasteiger partial charge on any atom is 0.243 e. The van der Waals surface area contributed by atoms with E-state index < -0.39 is 15.8 Å². The number of hydrogen-bond donors (Lipinski definition) is 1. The van der Waals surface area contributed by atoms with E-state index in [1.54, 1.807) is 6.07 Å². The molecule has 0 spiro atoms. The van der Waals surface area contributed by atoms with Gasteiger partial charge in [0.25, 0.3) is 0 Å². The monoisotopic (exact) mass is 419 g/mol. The highest BCUT2D eigenvalue weighted by Gasteiger charge is 2.29. The molecule has 0 unspecified atom stereocenters. The Balaban J connectivity index is 1.56. The van der Waals surface area contributed by atoms with Crippen molar-refractivity contribution in [1.29, 1.82) is 0 Å². The Morgan fingerprint density at radius 1 is 1.00 bits per heavy atom. The largest absolute Gasteiger partial charge is 0.322 e. The molecule has 1 amide bonds. The number of piperazine rings is 1. The maximum absolute atomic E-state index is 13.6. The molecule has 0 saturated carbocycles. The van der Waals surface area contributed by atoms with Gasteiger partial charge in [-0.15, -0.1) is 0 Å². The van der Waals surface area contributed by atoms with E-state index in [1.807, 2.05) is 4.90 Å². The maximum atomic E-state index is 13.6. The summed E-state index contributed by atoms with van der Waals surface area (Å²) in [6.07, 6.45) is 0. The van der Waals surface area contributed by atoms with Gasteiger partial charge in [-0.05, 0) is 31.2 Å². The molecular formula is C20H22FN3O4S. The third-order valence-electron chi connectivity index (χ3n) is 4.75. The van der Waals surface area contributed by atoms with Crippen molar-refractivity contribution in [2.45, 2.75) is 11.8 Å². The highest BCUT2D eigenvalue weighted by Crippen LogP contribution is 2.19. The van der Waals surface area contributed by atoms with Crippen LogP contribution in [-0.2, 0) is 14.8 Å². The summed E-state index contributed by atoms with van der Waals surface area (Å²) in [6, 6.07) is 11.8. The van der Waals surface area contributed by atoms with Crippen LogP contribution >= 0.6 is 0 Å². The van der Waals surface area contributed by atoms with E-state index in [4.69, 9.17) is 0 Å². The molecule has 154 valence electrons. The minimum atomic E-state index is -3.67. The van der Waals surface area contributed by atoms with Gasteiger partial charge in [-0.3, -0.25) is 14.5 Å². The van der Waals surface area contributed by atoms with E-state index in [9.17, 15) is 22.4 Å². The average molecular weight is 419 g/mol. The first kappa shape index (κ1) is 21.1. The Bertz CT molecular complexity index is 1000. The Kier molecular flexibility index (Phi) is 6.41. The molecule has 9 heteroatoms. The van der Waals surface area contributed by atoms with Gasteiger partial charge in [0.1, 0.15) is 5.82 Å². The molecule has 2 aromatic rings. The Morgan fingerprint density at radius 3 is 2.21 bits per heavy atom. The second kappa shape index (κ2) is 8.81. The van der Waals surface area contributed by atoms with E-state index in [2.05, 4.69) is 5.32 Å². The van der Waals surface area contributed by atoms with Gasteiger partial charge in [-0.2, -0.15) is 4.31 Å². The molecule has 0 atom stereocenters. The molecule has 1 N–H and O–H groups in total. The minimum Gasteiger partial charge on any atom is -0.322 e. The normalized spacial score (nSPS) is 15.8. The highest BCUT2D eigenvalue weighted by atomic mass is 32.2. The number of nitrogens with zero attached hydrogens (tertiary/aromatic N) is 2. The molecule has 1 aliphatic heterocycles. The number of para-hydroxylation sites is 1. The van der Waals surface area contributed by atoms with Gasteiger partial charge < -0.3 is 5.32 Å². The van der Waals surface area contributed by atoms with Crippen molar-refractivity contribution in [3.05, 3.63) is 59.9 Å². The van der Waals surface area contributed by atoms with Gasteiger partial charge in [0.2, 0.25) is 15.9 Å². The lowest BCUT2D eigenvalue weighted by atomic mass is 10.2. The number of carbonyl (C=O) groups is 2. The number of hydrogen-bond acceptors (Lipinski definition) is 5. The van der Waals surface area contributed by atoms with E-state index in [-0.39, 0.29) is 41.9 Å². The fourth-order valence-electron chi connectivity index (χ4n) is 3.09. The van der Waals surface area contributed by atoms with Crippen LogP contribution in [0.4, 0.5) is 10.1 Å². The predicted molar refractivity (Wildman–Crippen MR) is 107 cm³/mol. The van der Waals surface area contributed by atoms with Crippen molar-refractivity contribution in [2.75, 3.05) is 38.0 Å². The van der Waals surface area contributed by atoms with Crippen LogP contribution in [0.25, 0.3) is 0 Å². The van der Waals surface area contributed by atoms with Gasteiger partial charge in [0.05, 0.1) is 17.1 Å². The number of nitrogens with one attached hydrogen (secondary N) is 1.